The molecule has 2 aromatic carbocycles. The van der Waals surface area contributed by atoms with Crippen LogP contribution in [-0.2, 0) is 0 Å². The molecule has 0 aromatic heterocycles. The molecular formula is C13H12Cl2N2. The lowest BCUT2D eigenvalue weighted by molar-refractivity contribution is 1.21. The third-order valence-electron chi connectivity index (χ3n) is 2.53. The van der Waals surface area contributed by atoms with Crippen LogP contribution in [0.2, 0.25) is 10.0 Å². The van der Waals surface area contributed by atoms with Crippen LogP contribution < -0.4 is 10.6 Å². The lowest BCUT2D eigenvalue weighted by Crippen LogP contribution is -2.10. The minimum Gasteiger partial charge on any atom is -0.399 e. The van der Waals surface area contributed by atoms with Crippen LogP contribution in [0.5, 0.6) is 0 Å². The van der Waals surface area contributed by atoms with Crippen molar-refractivity contribution in [3.05, 3.63) is 52.5 Å². The third kappa shape index (κ3) is 2.65. The Balaban J connectivity index is 2.40. The molecule has 2 aromatic rings. The van der Waals surface area contributed by atoms with Gasteiger partial charge < -0.3 is 10.6 Å². The fourth-order valence-corrected chi connectivity index (χ4v) is 2.16. The van der Waals surface area contributed by atoms with Crippen molar-refractivity contribution in [1.29, 1.82) is 0 Å². The van der Waals surface area contributed by atoms with E-state index in [2.05, 4.69) is 0 Å². The first-order valence-corrected chi connectivity index (χ1v) is 5.88. The Morgan fingerprint density at radius 1 is 1.06 bits per heavy atom. The molecule has 2 rings (SSSR count). The van der Waals surface area contributed by atoms with E-state index in [-0.39, 0.29) is 0 Å². The van der Waals surface area contributed by atoms with Crippen LogP contribution in [0.15, 0.2) is 42.5 Å². The highest BCUT2D eigenvalue weighted by Crippen LogP contribution is 2.32. The van der Waals surface area contributed by atoms with Gasteiger partial charge in [-0.2, -0.15) is 0 Å². The van der Waals surface area contributed by atoms with Crippen LogP contribution in [0.3, 0.4) is 0 Å². The summed E-state index contributed by atoms with van der Waals surface area (Å²) in [4.78, 5) is 1.97. The minimum absolute atomic E-state index is 0.613. The zero-order valence-electron chi connectivity index (χ0n) is 9.32. The Labute approximate surface area is 111 Å². The number of rotatable bonds is 2. The molecule has 0 aliphatic carbocycles. The smallest absolute Gasteiger partial charge is 0.0657 e. The van der Waals surface area contributed by atoms with E-state index in [0.717, 1.165) is 17.1 Å². The average molecular weight is 267 g/mol. The van der Waals surface area contributed by atoms with Crippen molar-refractivity contribution < 1.29 is 0 Å². The zero-order chi connectivity index (χ0) is 12.4. The summed E-state index contributed by atoms with van der Waals surface area (Å²) in [7, 11) is 1.93. The second-order valence-electron chi connectivity index (χ2n) is 3.75. The Bertz CT molecular complexity index is 541. The highest BCUT2D eigenvalue weighted by molar-refractivity contribution is 6.36. The lowest BCUT2D eigenvalue weighted by Gasteiger charge is -2.21. The summed E-state index contributed by atoms with van der Waals surface area (Å²) in [5.74, 6) is 0. The maximum atomic E-state index is 6.16. The maximum Gasteiger partial charge on any atom is 0.0657 e. The molecule has 0 saturated carbocycles. The molecule has 0 heterocycles. The van der Waals surface area contributed by atoms with Crippen LogP contribution in [0, 0.1) is 0 Å². The summed E-state index contributed by atoms with van der Waals surface area (Å²) in [6.07, 6.45) is 0. The van der Waals surface area contributed by atoms with Crippen molar-refractivity contribution in [1.82, 2.24) is 0 Å². The Hall–Kier alpha value is -1.38. The predicted octanol–water partition coefficient (Wildman–Crippen LogP) is 4.34. The topological polar surface area (TPSA) is 29.3 Å². The van der Waals surface area contributed by atoms with Crippen molar-refractivity contribution in [3.8, 4) is 0 Å². The Morgan fingerprint density at radius 2 is 1.82 bits per heavy atom. The number of nitrogens with two attached hydrogens (primary N) is 1. The van der Waals surface area contributed by atoms with E-state index >= 15 is 0 Å². The van der Waals surface area contributed by atoms with E-state index in [1.165, 1.54) is 0 Å². The summed E-state index contributed by atoms with van der Waals surface area (Å²) in [5.41, 5.74) is 8.35. The van der Waals surface area contributed by atoms with E-state index in [0.29, 0.717) is 10.0 Å². The van der Waals surface area contributed by atoms with Gasteiger partial charge in [0, 0.05) is 23.4 Å². The first-order chi connectivity index (χ1) is 8.08. The maximum absolute atomic E-state index is 6.16. The molecule has 0 amide bonds. The fraction of sp³-hybridized carbons (Fsp3) is 0.0769. The number of anilines is 3. The normalized spacial score (nSPS) is 10.3. The van der Waals surface area contributed by atoms with Crippen molar-refractivity contribution in [2.24, 2.45) is 0 Å². The first-order valence-electron chi connectivity index (χ1n) is 5.12. The van der Waals surface area contributed by atoms with Gasteiger partial charge in [-0.3, -0.25) is 0 Å². The number of nitrogens with zero attached hydrogens (tertiary/aromatic N) is 1. The lowest BCUT2D eigenvalue weighted by atomic mass is 10.2. The molecular weight excluding hydrogens is 255 g/mol. The molecule has 4 heteroatoms. The van der Waals surface area contributed by atoms with Gasteiger partial charge in [-0.1, -0.05) is 29.3 Å². The Kier molecular flexibility index (Phi) is 3.46. The number of hydrogen-bond acceptors (Lipinski definition) is 2. The molecule has 0 saturated heterocycles. The van der Waals surface area contributed by atoms with Gasteiger partial charge in [0.25, 0.3) is 0 Å². The second-order valence-corrected chi connectivity index (χ2v) is 4.59. The van der Waals surface area contributed by atoms with Crippen molar-refractivity contribution in [2.45, 2.75) is 0 Å². The summed E-state index contributed by atoms with van der Waals surface area (Å²) < 4.78 is 0. The summed E-state index contributed by atoms with van der Waals surface area (Å²) in [5, 5.41) is 1.24. The highest BCUT2D eigenvalue weighted by atomic mass is 35.5. The van der Waals surface area contributed by atoms with Crippen LogP contribution in [0.1, 0.15) is 0 Å². The average Bonchev–Trinajstić information content (AvgIpc) is 2.28. The number of nitrogen functional groups attached to an aromatic ring is 1. The van der Waals surface area contributed by atoms with Gasteiger partial charge >= 0.3 is 0 Å². The van der Waals surface area contributed by atoms with Crippen LogP contribution in [0.25, 0.3) is 0 Å². The molecule has 0 radical (unpaired) electrons. The minimum atomic E-state index is 0.613. The van der Waals surface area contributed by atoms with Gasteiger partial charge in [-0.05, 0) is 36.4 Å². The molecule has 2 nitrogen and oxygen atoms in total. The van der Waals surface area contributed by atoms with Gasteiger partial charge in [0.05, 0.1) is 10.7 Å². The second kappa shape index (κ2) is 4.86. The number of hydrogen-bond donors (Lipinski definition) is 1. The molecule has 0 spiro atoms. The molecule has 0 unspecified atom stereocenters. The quantitative estimate of drug-likeness (QED) is 0.820. The van der Waals surface area contributed by atoms with Crippen molar-refractivity contribution in [2.75, 3.05) is 17.7 Å². The van der Waals surface area contributed by atoms with E-state index in [9.17, 15) is 0 Å². The number of halogens is 2. The van der Waals surface area contributed by atoms with Crippen molar-refractivity contribution >= 4 is 40.3 Å². The van der Waals surface area contributed by atoms with Crippen LogP contribution in [0.4, 0.5) is 17.1 Å². The van der Waals surface area contributed by atoms with E-state index < -0.39 is 0 Å². The van der Waals surface area contributed by atoms with E-state index in [4.69, 9.17) is 28.9 Å². The standard InChI is InChI=1S/C13H12Cl2N2/c1-17(11-4-2-3-10(16)8-11)13-6-5-9(14)7-12(13)15/h2-8H,16H2,1H3. The zero-order valence-corrected chi connectivity index (χ0v) is 10.8. The molecule has 0 fully saturated rings. The summed E-state index contributed by atoms with van der Waals surface area (Å²) in [6, 6.07) is 13.0. The third-order valence-corrected chi connectivity index (χ3v) is 3.07. The summed E-state index contributed by atoms with van der Waals surface area (Å²) in [6.45, 7) is 0. The van der Waals surface area contributed by atoms with Gasteiger partial charge in [-0.25, -0.2) is 0 Å². The SMILES string of the molecule is CN(c1cccc(N)c1)c1ccc(Cl)cc1Cl. The molecule has 0 aliphatic rings. The largest absolute Gasteiger partial charge is 0.399 e. The molecule has 0 bridgehead atoms. The van der Waals surface area contributed by atoms with Crippen molar-refractivity contribution in [3.63, 3.8) is 0 Å². The highest BCUT2D eigenvalue weighted by Gasteiger charge is 2.08. The van der Waals surface area contributed by atoms with Crippen LogP contribution >= 0.6 is 23.2 Å². The van der Waals surface area contributed by atoms with E-state index in [1.54, 1.807) is 6.07 Å². The first kappa shape index (κ1) is 12.1. The molecule has 88 valence electrons. The monoisotopic (exact) mass is 266 g/mol. The molecule has 0 atom stereocenters. The van der Waals surface area contributed by atoms with Gasteiger partial charge in [0.15, 0.2) is 0 Å². The van der Waals surface area contributed by atoms with E-state index in [1.807, 2.05) is 48.3 Å². The Morgan fingerprint density at radius 3 is 2.47 bits per heavy atom. The molecule has 0 aliphatic heterocycles. The van der Waals surface area contributed by atoms with Crippen LogP contribution in [-0.4, -0.2) is 7.05 Å². The van der Waals surface area contributed by atoms with Gasteiger partial charge in [-0.15, -0.1) is 0 Å². The number of benzene rings is 2. The summed E-state index contributed by atoms with van der Waals surface area (Å²) >= 11 is 12.0. The molecule has 17 heavy (non-hydrogen) atoms. The molecule has 2 N–H and O–H groups in total. The van der Waals surface area contributed by atoms with Gasteiger partial charge in [0.2, 0.25) is 0 Å². The predicted molar refractivity (Wildman–Crippen MR) is 75.4 cm³/mol. The fourth-order valence-electron chi connectivity index (χ4n) is 1.63. The van der Waals surface area contributed by atoms with Gasteiger partial charge in [0.1, 0.15) is 0 Å².